The highest BCUT2D eigenvalue weighted by molar-refractivity contribution is 8.01. The molecular formula is C25H30N4O4S2. The van der Waals surface area contributed by atoms with Gasteiger partial charge in [-0.3, -0.25) is 14.4 Å². The lowest BCUT2D eigenvalue weighted by atomic mass is 10.1. The Morgan fingerprint density at radius 3 is 2.74 bits per heavy atom. The molecule has 0 spiro atoms. The smallest absolute Gasteiger partial charge is 0.257 e. The molecule has 3 amide bonds. The first-order valence-corrected chi connectivity index (χ1v) is 13.3. The van der Waals surface area contributed by atoms with Gasteiger partial charge in [-0.25, -0.2) is 4.98 Å². The van der Waals surface area contributed by atoms with Crippen molar-refractivity contribution in [1.82, 2.24) is 14.8 Å². The van der Waals surface area contributed by atoms with E-state index in [4.69, 9.17) is 4.74 Å². The molecule has 1 N–H and O–H groups in total. The van der Waals surface area contributed by atoms with Crippen LogP contribution in [0.4, 0.5) is 5.13 Å². The van der Waals surface area contributed by atoms with E-state index in [1.54, 1.807) is 18.2 Å². The molecule has 4 rings (SSSR count). The molecule has 1 aliphatic carbocycles. The van der Waals surface area contributed by atoms with Gasteiger partial charge in [-0.2, -0.15) is 0 Å². The second-order valence-corrected chi connectivity index (χ2v) is 11.2. The van der Waals surface area contributed by atoms with E-state index in [1.807, 2.05) is 30.9 Å². The van der Waals surface area contributed by atoms with Gasteiger partial charge in [0.15, 0.2) is 5.13 Å². The number of amides is 3. The average Bonchev–Trinajstić information content (AvgIpc) is 3.64. The lowest BCUT2D eigenvalue weighted by Crippen LogP contribution is -2.43. The molecule has 0 radical (unpaired) electrons. The summed E-state index contributed by atoms with van der Waals surface area (Å²) in [5, 5.41) is 3.47. The molecule has 1 atom stereocenters. The Labute approximate surface area is 213 Å². The zero-order valence-electron chi connectivity index (χ0n) is 20.2. The third-order valence-corrected chi connectivity index (χ3v) is 8.37. The zero-order valence-corrected chi connectivity index (χ0v) is 21.8. The molecule has 10 heteroatoms. The third-order valence-electron chi connectivity index (χ3n) is 6.19. The Morgan fingerprint density at radius 1 is 1.29 bits per heavy atom. The molecule has 1 saturated carbocycles. The monoisotopic (exact) mass is 514 g/mol. The number of carbonyl (C=O) groups is 3. The number of nitrogens with zero attached hydrogens (tertiary/aromatic N) is 3. The van der Waals surface area contributed by atoms with Crippen molar-refractivity contribution in [3.8, 4) is 5.75 Å². The highest BCUT2D eigenvalue weighted by Crippen LogP contribution is 2.39. The maximum atomic E-state index is 13.7. The molecule has 1 aliphatic heterocycles. The van der Waals surface area contributed by atoms with Crippen molar-refractivity contribution < 1.29 is 19.1 Å². The van der Waals surface area contributed by atoms with E-state index in [9.17, 15) is 14.4 Å². The second-order valence-electron chi connectivity index (χ2n) is 8.86. The number of nitrogens with one attached hydrogen (secondary N) is 1. The normalized spacial score (nSPS) is 18.1. The first-order chi connectivity index (χ1) is 16.8. The van der Waals surface area contributed by atoms with Gasteiger partial charge in [0.05, 0.1) is 23.1 Å². The molecule has 2 heterocycles. The summed E-state index contributed by atoms with van der Waals surface area (Å²) in [4.78, 5) is 46.6. The molecule has 1 aromatic carbocycles. The fourth-order valence-corrected chi connectivity index (χ4v) is 6.02. The van der Waals surface area contributed by atoms with E-state index >= 15 is 0 Å². The number of hydrogen-bond acceptors (Lipinski definition) is 7. The van der Waals surface area contributed by atoms with Gasteiger partial charge in [-0.05, 0) is 56.9 Å². The van der Waals surface area contributed by atoms with Crippen LogP contribution in [0.3, 0.4) is 0 Å². The van der Waals surface area contributed by atoms with Crippen molar-refractivity contribution in [3.63, 3.8) is 0 Å². The van der Waals surface area contributed by atoms with Crippen LogP contribution in [0.5, 0.6) is 5.75 Å². The third kappa shape index (κ3) is 5.87. The minimum absolute atomic E-state index is 0.0318. The number of aromatic nitrogens is 1. The minimum atomic E-state index is -0.143. The maximum Gasteiger partial charge on any atom is 0.257 e. The van der Waals surface area contributed by atoms with Crippen LogP contribution in [-0.2, 0) is 9.59 Å². The molecule has 2 fully saturated rings. The van der Waals surface area contributed by atoms with Crippen LogP contribution in [0.2, 0.25) is 0 Å². The molecule has 1 unspecified atom stereocenters. The molecule has 0 bridgehead atoms. The van der Waals surface area contributed by atoms with Crippen LogP contribution >= 0.6 is 23.1 Å². The summed E-state index contributed by atoms with van der Waals surface area (Å²) < 4.78 is 6.49. The summed E-state index contributed by atoms with van der Waals surface area (Å²) in [5.41, 5.74) is 1.47. The fraction of sp³-hybridized carbons (Fsp3) is 0.440. The SMILES string of the molecule is C=CC(=O)N1CCCN(C(=O)c2cc(Sc3cnc(NC(=O)C4CC4)s3)c(C)cc2OC)C(C)C1. The van der Waals surface area contributed by atoms with Crippen LogP contribution < -0.4 is 10.1 Å². The first kappa shape index (κ1) is 25.2. The first-order valence-electron chi connectivity index (χ1n) is 11.7. The van der Waals surface area contributed by atoms with Gasteiger partial charge in [-0.1, -0.05) is 29.7 Å². The molecule has 35 heavy (non-hydrogen) atoms. The number of ether oxygens (including phenoxy) is 1. The number of thiazole rings is 1. The number of rotatable bonds is 7. The van der Waals surface area contributed by atoms with E-state index in [0.717, 1.165) is 27.5 Å². The number of hydrogen-bond donors (Lipinski definition) is 1. The van der Waals surface area contributed by atoms with Gasteiger partial charge in [0.1, 0.15) is 5.75 Å². The fourth-order valence-electron chi connectivity index (χ4n) is 4.08. The van der Waals surface area contributed by atoms with Crippen LogP contribution in [0, 0.1) is 12.8 Å². The van der Waals surface area contributed by atoms with E-state index < -0.39 is 0 Å². The number of benzene rings is 1. The number of methoxy groups -OCH3 is 1. The lowest BCUT2D eigenvalue weighted by molar-refractivity contribution is -0.126. The van der Waals surface area contributed by atoms with E-state index in [1.165, 1.54) is 29.2 Å². The maximum absolute atomic E-state index is 13.7. The summed E-state index contributed by atoms with van der Waals surface area (Å²) in [6, 6.07) is 3.60. The van der Waals surface area contributed by atoms with E-state index in [-0.39, 0.29) is 29.7 Å². The van der Waals surface area contributed by atoms with Crippen LogP contribution in [0.25, 0.3) is 0 Å². The van der Waals surface area contributed by atoms with Crippen molar-refractivity contribution in [3.05, 3.63) is 42.1 Å². The largest absolute Gasteiger partial charge is 0.496 e. The second kappa shape index (κ2) is 10.8. The Morgan fingerprint density at radius 2 is 2.06 bits per heavy atom. The predicted octanol–water partition coefficient (Wildman–Crippen LogP) is 4.21. The van der Waals surface area contributed by atoms with E-state index in [2.05, 4.69) is 16.9 Å². The molecular weight excluding hydrogens is 484 g/mol. The molecule has 2 aliphatic rings. The number of aryl methyl sites for hydroxylation is 1. The highest BCUT2D eigenvalue weighted by atomic mass is 32.2. The number of anilines is 1. The molecule has 2 aromatic rings. The zero-order chi connectivity index (χ0) is 25.1. The molecule has 8 nitrogen and oxygen atoms in total. The minimum Gasteiger partial charge on any atom is -0.496 e. The van der Waals surface area contributed by atoms with Crippen molar-refractivity contribution in [2.24, 2.45) is 5.92 Å². The number of carbonyl (C=O) groups excluding carboxylic acids is 3. The summed E-state index contributed by atoms with van der Waals surface area (Å²) in [6.45, 7) is 9.12. The van der Waals surface area contributed by atoms with E-state index in [0.29, 0.717) is 42.5 Å². The van der Waals surface area contributed by atoms with Gasteiger partial charge in [0.2, 0.25) is 11.8 Å². The van der Waals surface area contributed by atoms with Gasteiger partial charge in [0, 0.05) is 36.5 Å². The standard InChI is InChI=1S/C25H30N4O4S2/c1-5-21(30)28-9-6-10-29(16(3)14-28)24(32)18-12-20(15(2)11-19(18)33-4)34-22-13-26-25(35-22)27-23(31)17-7-8-17/h5,11-13,16-17H,1,6-10,14H2,2-4H3,(H,26,27,31). The molecule has 186 valence electrons. The quantitative estimate of drug-likeness (QED) is 0.557. The highest BCUT2D eigenvalue weighted by Gasteiger charge is 2.31. The Balaban J connectivity index is 1.53. The summed E-state index contributed by atoms with van der Waals surface area (Å²) in [7, 11) is 1.56. The molecule has 1 saturated heterocycles. The summed E-state index contributed by atoms with van der Waals surface area (Å²) >= 11 is 2.93. The average molecular weight is 515 g/mol. The Hall–Kier alpha value is -2.85. The van der Waals surface area contributed by atoms with Crippen LogP contribution in [0.15, 0.2) is 40.1 Å². The van der Waals surface area contributed by atoms with Crippen LogP contribution in [-0.4, -0.2) is 65.3 Å². The Bertz CT molecular complexity index is 1140. The summed E-state index contributed by atoms with van der Waals surface area (Å²) in [6.07, 6.45) is 5.64. The topological polar surface area (TPSA) is 91.8 Å². The van der Waals surface area contributed by atoms with Gasteiger partial charge < -0.3 is 19.9 Å². The van der Waals surface area contributed by atoms with Crippen molar-refractivity contribution in [2.75, 3.05) is 32.1 Å². The lowest BCUT2D eigenvalue weighted by Gasteiger charge is -2.29. The van der Waals surface area contributed by atoms with Crippen molar-refractivity contribution in [1.29, 1.82) is 0 Å². The Kier molecular flexibility index (Phi) is 7.81. The summed E-state index contributed by atoms with van der Waals surface area (Å²) in [5.74, 6) is 0.440. The predicted molar refractivity (Wildman–Crippen MR) is 137 cm³/mol. The van der Waals surface area contributed by atoms with Crippen LogP contribution in [0.1, 0.15) is 42.1 Å². The van der Waals surface area contributed by atoms with Gasteiger partial charge in [-0.15, -0.1) is 0 Å². The van der Waals surface area contributed by atoms with Crippen molar-refractivity contribution >= 4 is 46.0 Å². The van der Waals surface area contributed by atoms with Crippen molar-refractivity contribution in [2.45, 2.75) is 48.3 Å². The molecule has 1 aromatic heterocycles. The van der Waals surface area contributed by atoms with Gasteiger partial charge in [0.25, 0.3) is 5.91 Å². The van der Waals surface area contributed by atoms with Gasteiger partial charge >= 0.3 is 0 Å².